The van der Waals surface area contributed by atoms with Crippen molar-refractivity contribution >= 4 is 11.8 Å². The molecule has 78 valence electrons. The van der Waals surface area contributed by atoms with Crippen LogP contribution in [0, 0.1) is 0 Å². The summed E-state index contributed by atoms with van der Waals surface area (Å²) in [6.45, 7) is 2.04. The van der Waals surface area contributed by atoms with Crippen molar-refractivity contribution in [3.63, 3.8) is 0 Å². The SMILES string of the molecule is CCOC(O)C1SCNC1C(F)F. The quantitative estimate of drug-likeness (QED) is 0.672. The monoisotopic (exact) mass is 213 g/mol. The van der Waals surface area contributed by atoms with E-state index in [0.717, 1.165) is 0 Å². The van der Waals surface area contributed by atoms with Gasteiger partial charge in [0.1, 0.15) is 0 Å². The minimum atomic E-state index is -2.46. The molecule has 0 saturated carbocycles. The molecule has 0 aromatic heterocycles. The van der Waals surface area contributed by atoms with E-state index < -0.39 is 24.0 Å². The molecule has 0 aliphatic carbocycles. The van der Waals surface area contributed by atoms with Crippen molar-refractivity contribution < 1.29 is 18.6 Å². The average molecular weight is 213 g/mol. The van der Waals surface area contributed by atoms with Crippen LogP contribution >= 0.6 is 11.8 Å². The van der Waals surface area contributed by atoms with Gasteiger partial charge in [0.2, 0.25) is 0 Å². The van der Waals surface area contributed by atoms with Gasteiger partial charge in [0, 0.05) is 12.5 Å². The molecule has 0 radical (unpaired) electrons. The maximum atomic E-state index is 12.3. The second-order valence-electron chi connectivity index (χ2n) is 2.69. The maximum absolute atomic E-state index is 12.3. The number of thioether (sulfide) groups is 1. The van der Waals surface area contributed by atoms with E-state index in [1.165, 1.54) is 11.8 Å². The molecule has 1 fully saturated rings. The summed E-state index contributed by atoms with van der Waals surface area (Å²) in [6.07, 6.45) is -3.57. The second-order valence-corrected chi connectivity index (χ2v) is 3.85. The van der Waals surface area contributed by atoms with Gasteiger partial charge in [0.25, 0.3) is 6.43 Å². The lowest BCUT2D eigenvalue weighted by Crippen LogP contribution is -2.43. The van der Waals surface area contributed by atoms with Crippen molar-refractivity contribution in [2.75, 3.05) is 12.5 Å². The van der Waals surface area contributed by atoms with Crippen LogP contribution in [0.15, 0.2) is 0 Å². The third kappa shape index (κ3) is 2.77. The van der Waals surface area contributed by atoms with Crippen LogP contribution in [0.1, 0.15) is 6.92 Å². The lowest BCUT2D eigenvalue weighted by atomic mass is 10.2. The molecule has 1 rings (SSSR count). The molecule has 3 unspecified atom stereocenters. The zero-order valence-electron chi connectivity index (χ0n) is 7.24. The molecule has 3 atom stereocenters. The van der Waals surface area contributed by atoms with Gasteiger partial charge in [-0.3, -0.25) is 5.32 Å². The number of nitrogens with one attached hydrogen (secondary N) is 1. The summed E-state index contributed by atoms with van der Waals surface area (Å²) in [5.74, 6) is 0.434. The minimum absolute atomic E-state index is 0.328. The number of aliphatic hydroxyl groups is 1. The van der Waals surface area contributed by atoms with Gasteiger partial charge >= 0.3 is 0 Å². The van der Waals surface area contributed by atoms with Crippen LogP contribution in [-0.2, 0) is 4.74 Å². The van der Waals surface area contributed by atoms with Gasteiger partial charge in [-0.1, -0.05) is 0 Å². The second kappa shape index (κ2) is 5.09. The first kappa shape index (κ1) is 11.2. The number of halogens is 2. The molecule has 1 heterocycles. The Morgan fingerprint density at radius 1 is 1.69 bits per heavy atom. The molecule has 1 aliphatic heterocycles. The molecule has 0 aromatic rings. The van der Waals surface area contributed by atoms with Crippen LogP contribution in [-0.4, -0.2) is 41.6 Å². The lowest BCUT2D eigenvalue weighted by Gasteiger charge is -2.22. The molecule has 1 saturated heterocycles. The topological polar surface area (TPSA) is 41.5 Å². The van der Waals surface area contributed by atoms with E-state index in [2.05, 4.69) is 5.32 Å². The minimum Gasteiger partial charge on any atom is -0.367 e. The van der Waals surface area contributed by atoms with E-state index in [4.69, 9.17) is 4.74 Å². The van der Waals surface area contributed by atoms with Crippen molar-refractivity contribution in [2.24, 2.45) is 0 Å². The summed E-state index contributed by atoms with van der Waals surface area (Å²) in [7, 11) is 0. The predicted molar refractivity (Wildman–Crippen MR) is 46.8 cm³/mol. The fraction of sp³-hybridized carbons (Fsp3) is 1.00. The van der Waals surface area contributed by atoms with Crippen LogP contribution in [0.2, 0.25) is 0 Å². The Balaban J connectivity index is 2.47. The largest absolute Gasteiger partial charge is 0.367 e. The summed E-state index contributed by atoms with van der Waals surface area (Å²) in [6, 6.07) is -0.966. The molecule has 1 aliphatic rings. The smallest absolute Gasteiger partial charge is 0.254 e. The van der Waals surface area contributed by atoms with Gasteiger partial charge < -0.3 is 9.84 Å². The summed E-state index contributed by atoms with van der Waals surface area (Å²) in [5, 5.41) is 11.4. The van der Waals surface area contributed by atoms with Gasteiger partial charge in [-0.05, 0) is 6.92 Å². The van der Waals surface area contributed by atoms with Crippen molar-refractivity contribution in [1.29, 1.82) is 0 Å². The number of hydrogen-bond donors (Lipinski definition) is 2. The fourth-order valence-corrected chi connectivity index (χ4v) is 2.36. The molecule has 0 aromatic carbocycles. The highest BCUT2D eigenvalue weighted by atomic mass is 32.2. The van der Waals surface area contributed by atoms with Gasteiger partial charge in [-0.2, -0.15) is 0 Å². The van der Waals surface area contributed by atoms with Crippen molar-refractivity contribution in [2.45, 2.75) is 30.9 Å². The summed E-state index contributed by atoms with van der Waals surface area (Å²) >= 11 is 1.26. The third-order valence-electron chi connectivity index (χ3n) is 1.84. The van der Waals surface area contributed by atoms with E-state index in [0.29, 0.717) is 12.5 Å². The fourth-order valence-electron chi connectivity index (χ4n) is 1.22. The number of rotatable bonds is 4. The Morgan fingerprint density at radius 3 is 2.92 bits per heavy atom. The Morgan fingerprint density at radius 2 is 2.38 bits per heavy atom. The van der Waals surface area contributed by atoms with Crippen LogP contribution in [0.4, 0.5) is 8.78 Å². The van der Waals surface area contributed by atoms with Crippen LogP contribution in [0.5, 0.6) is 0 Å². The van der Waals surface area contributed by atoms with Gasteiger partial charge in [-0.25, -0.2) is 8.78 Å². The molecule has 6 heteroatoms. The molecular formula is C7H13F2NO2S. The standard InChI is InChI=1S/C7H13F2NO2S/c1-2-12-7(11)5-4(6(8)9)10-3-13-5/h4-7,10-11H,2-3H2,1H3. The first-order chi connectivity index (χ1) is 6.16. The number of aliphatic hydroxyl groups excluding tert-OH is 1. The van der Waals surface area contributed by atoms with E-state index in [-0.39, 0.29) is 0 Å². The number of ether oxygens (including phenoxy) is 1. The highest BCUT2D eigenvalue weighted by Crippen LogP contribution is 2.28. The first-order valence-corrected chi connectivity index (χ1v) is 5.14. The number of hydrogen-bond acceptors (Lipinski definition) is 4. The van der Waals surface area contributed by atoms with Gasteiger partial charge in [0.05, 0.1) is 11.3 Å². The summed E-state index contributed by atoms with van der Waals surface area (Å²) in [4.78, 5) is 0. The normalized spacial score (nSPS) is 31.2. The first-order valence-electron chi connectivity index (χ1n) is 4.09. The molecule has 3 nitrogen and oxygen atoms in total. The average Bonchev–Trinajstić information content (AvgIpc) is 2.52. The van der Waals surface area contributed by atoms with Gasteiger partial charge in [0.15, 0.2) is 6.29 Å². The van der Waals surface area contributed by atoms with Crippen LogP contribution < -0.4 is 5.32 Å². The highest BCUT2D eigenvalue weighted by molar-refractivity contribution is 8.00. The molecular weight excluding hydrogens is 200 g/mol. The Kier molecular flexibility index (Phi) is 4.37. The third-order valence-corrected chi connectivity index (χ3v) is 3.08. The van der Waals surface area contributed by atoms with Crippen LogP contribution in [0.3, 0.4) is 0 Å². The molecule has 13 heavy (non-hydrogen) atoms. The van der Waals surface area contributed by atoms with E-state index in [1.807, 2.05) is 0 Å². The van der Waals surface area contributed by atoms with Crippen molar-refractivity contribution in [3.05, 3.63) is 0 Å². The Hall–Kier alpha value is 0.0900. The summed E-state index contributed by atoms with van der Waals surface area (Å²) < 4.78 is 29.6. The number of alkyl halides is 2. The van der Waals surface area contributed by atoms with Gasteiger partial charge in [-0.15, -0.1) is 11.8 Å². The van der Waals surface area contributed by atoms with Crippen LogP contribution in [0.25, 0.3) is 0 Å². The van der Waals surface area contributed by atoms with E-state index in [9.17, 15) is 13.9 Å². The summed E-state index contributed by atoms with van der Waals surface area (Å²) in [5.41, 5.74) is 0. The Bertz CT molecular complexity index is 161. The molecule has 0 amide bonds. The predicted octanol–water partition coefficient (Wildman–Crippen LogP) is 0.637. The zero-order valence-corrected chi connectivity index (χ0v) is 8.06. The molecule has 0 spiro atoms. The highest BCUT2D eigenvalue weighted by Gasteiger charge is 2.39. The lowest BCUT2D eigenvalue weighted by molar-refractivity contribution is -0.104. The van der Waals surface area contributed by atoms with Crippen molar-refractivity contribution in [1.82, 2.24) is 5.32 Å². The van der Waals surface area contributed by atoms with E-state index >= 15 is 0 Å². The molecule has 2 N–H and O–H groups in total. The van der Waals surface area contributed by atoms with Crippen molar-refractivity contribution in [3.8, 4) is 0 Å². The zero-order chi connectivity index (χ0) is 9.84. The Labute approximate surface area is 79.8 Å². The van der Waals surface area contributed by atoms with E-state index in [1.54, 1.807) is 6.92 Å². The molecule has 0 bridgehead atoms. The maximum Gasteiger partial charge on any atom is 0.254 e.